The van der Waals surface area contributed by atoms with Crippen molar-refractivity contribution in [2.75, 3.05) is 0 Å². The number of fused-ring (bicyclic) bond motifs is 2. The van der Waals surface area contributed by atoms with Gasteiger partial charge in [0, 0.05) is 0 Å². The maximum absolute atomic E-state index is 12.8. The monoisotopic (exact) mass is 343 g/mol. The minimum atomic E-state index is -0.807. The molecule has 2 fully saturated rings. The summed E-state index contributed by atoms with van der Waals surface area (Å²) in [5, 5.41) is 12.6. The van der Waals surface area contributed by atoms with Crippen LogP contribution in [0.4, 0.5) is 0 Å². The van der Waals surface area contributed by atoms with Gasteiger partial charge in [0.2, 0.25) is 5.91 Å². The molecule has 0 aliphatic heterocycles. The van der Waals surface area contributed by atoms with Crippen LogP contribution in [-0.4, -0.2) is 17.0 Å². The van der Waals surface area contributed by atoms with Crippen LogP contribution in [-0.2, 0) is 9.59 Å². The van der Waals surface area contributed by atoms with E-state index < -0.39 is 11.9 Å². The molecule has 1 aromatic rings. The van der Waals surface area contributed by atoms with Crippen molar-refractivity contribution in [3.63, 3.8) is 0 Å². The second-order valence-corrected chi connectivity index (χ2v) is 7.93. The number of nitrogens with one attached hydrogen (secondary N) is 1. The van der Waals surface area contributed by atoms with Gasteiger partial charge < -0.3 is 10.4 Å². The summed E-state index contributed by atoms with van der Waals surface area (Å²) in [7, 11) is 0. The maximum Gasteiger partial charge on any atom is 0.307 e. The Morgan fingerprint density at radius 1 is 1.08 bits per heavy atom. The zero-order valence-corrected chi connectivity index (χ0v) is 15.4. The van der Waals surface area contributed by atoms with Crippen molar-refractivity contribution in [2.45, 2.75) is 58.4 Å². The Balaban J connectivity index is 1.67. The minimum absolute atomic E-state index is 0.0851. The molecule has 3 rings (SSSR count). The highest BCUT2D eigenvalue weighted by Gasteiger charge is 2.54. The lowest BCUT2D eigenvalue weighted by Gasteiger charge is -2.28. The van der Waals surface area contributed by atoms with Gasteiger partial charge in [-0.2, -0.15) is 0 Å². The molecule has 2 bridgehead atoms. The molecular formula is C21H29NO3. The summed E-state index contributed by atoms with van der Waals surface area (Å²) in [6.07, 6.45) is 3.95. The molecule has 2 N–H and O–H groups in total. The van der Waals surface area contributed by atoms with Crippen LogP contribution in [0.25, 0.3) is 0 Å². The molecular weight excluding hydrogens is 314 g/mol. The summed E-state index contributed by atoms with van der Waals surface area (Å²) in [6.45, 7) is 6.36. The van der Waals surface area contributed by atoms with Crippen LogP contribution in [0.2, 0.25) is 0 Å². The van der Waals surface area contributed by atoms with E-state index >= 15 is 0 Å². The third kappa shape index (κ3) is 3.44. The zero-order chi connectivity index (χ0) is 18.1. The van der Waals surface area contributed by atoms with Gasteiger partial charge >= 0.3 is 5.97 Å². The lowest BCUT2D eigenvalue weighted by atomic mass is 9.78. The van der Waals surface area contributed by atoms with Crippen LogP contribution < -0.4 is 5.32 Å². The average Bonchev–Trinajstić information content (AvgIpc) is 3.22. The van der Waals surface area contributed by atoms with Gasteiger partial charge in [-0.15, -0.1) is 0 Å². The zero-order valence-electron chi connectivity index (χ0n) is 15.4. The number of carbonyl (C=O) groups excluding carboxylic acids is 1. The molecule has 0 saturated heterocycles. The fraction of sp³-hybridized carbons (Fsp3) is 0.619. The van der Waals surface area contributed by atoms with Crippen LogP contribution in [0, 0.1) is 23.7 Å². The fourth-order valence-corrected chi connectivity index (χ4v) is 4.77. The number of hydrogen-bond acceptors (Lipinski definition) is 2. The lowest BCUT2D eigenvalue weighted by molar-refractivity contribution is -0.149. The number of benzene rings is 1. The Labute approximate surface area is 150 Å². The SMILES string of the molecule is CC[C@H](C)c1ccc([C@H](C)NC(=O)[C@@H]2[C@H]3CC[C@@H](C3)[C@@H]2C(=O)O)cc1. The van der Waals surface area contributed by atoms with Crippen molar-refractivity contribution in [3.8, 4) is 0 Å². The molecule has 136 valence electrons. The molecule has 0 radical (unpaired) electrons. The van der Waals surface area contributed by atoms with E-state index in [0.717, 1.165) is 31.2 Å². The third-order valence-corrected chi connectivity index (χ3v) is 6.48. The number of carboxylic acid groups (broad SMARTS) is 1. The van der Waals surface area contributed by atoms with Crippen LogP contribution in [0.5, 0.6) is 0 Å². The number of amides is 1. The number of carboxylic acids is 1. The minimum Gasteiger partial charge on any atom is -0.481 e. The molecule has 4 heteroatoms. The first kappa shape index (κ1) is 18.0. The van der Waals surface area contributed by atoms with E-state index in [9.17, 15) is 14.7 Å². The Morgan fingerprint density at radius 3 is 2.20 bits per heavy atom. The summed E-state index contributed by atoms with van der Waals surface area (Å²) < 4.78 is 0. The molecule has 0 aromatic heterocycles. The Bertz CT molecular complexity index is 639. The van der Waals surface area contributed by atoms with Gasteiger partial charge in [0.05, 0.1) is 17.9 Å². The van der Waals surface area contributed by atoms with Gasteiger partial charge in [-0.05, 0) is 61.5 Å². The quantitative estimate of drug-likeness (QED) is 0.816. The first-order valence-corrected chi connectivity index (χ1v) is 9.55. The van der Waals surface area contributed by atoms with Gasteiger partial charge in [0.1, 0.15) is 0 Å². The van der Waals surface area contributed by atoms with E-state index in [4.69, 9.17) is 0 Å². The molecule has 2 aliphatic carbocycles. The van der Waals surface area contributed by atoms with Crippen molar-refractivity contribution in [1.29, 1.82) is 0 Å². The van der Waals surface area contributed by atoms with Gasteiger partial charge in [-0.25, -0.2) is 0 Å². The Hall–Kier alpha value is -1.84. The molecule has 1 aromatic carbocycles. The summed E-state index contributed by atoms with van der Waals surface area (Å²) in [4.78, 5) is 24.4. The van der Waals surface area contributed by atoms with E-state index in [1.54, 1.807) is 0 Å². The first-order valence-electron chi connectivity index (χ1n) is 9.55. The van der Waals surface area contributed by atoms with E-state index in [0.29, 0.717) is 5.92 Å². The summed E-state index contributed by atoms with van der Waals surface area (Å²) in [6, 6.07) is 8.30. The van der Waals surface area contributed by atoms with Crippen molar-refractivity contribution < 1.29 is 14.7 Å². The highest BCUT2D eigenvalue weighted by molar-refractivity contribution is 5.86. The predicted octanol–water partition coefficient (Wildman–Crippen LogP) is 4.12. The number of hydrogen-bond donors (Lipinski definition) is 2. The van der Waals surface area contributed by atoms with Crippen LogP contribution in [0.1, 0.15) is 69.5 Å². The Morgan fingerprint density at radius 2 is 1.64 bits per heavy atom. The smallest absolute Gasteiger partial charge is 0.307 e. The molecule has 0 unspecified atom stereocenters. The number of carbonyl (C=O) groups is 2. The van der Waals surface area contributed by atoms with Crippen molar-refractivity contribution in [3.05, 3.63) is 35.4 Å². The highest BCUT2D eigenvalue weighted by Crippen LogP contribution is 2.52. The van der Waals surface area contributed by atoms with Crippen LogP contribution in [0.15, 0.2) is 24.3 Å². The van der Waals surface area contributed by atoms with Crippen LogP contribution in [0.3, 0.4) is 0 Å². The van der Waals surface area contributed by atoms with Crippen molar-refractivity contribution in [2.24, 2.45) is 23.7 Å². The van der Waals surface area contributed by atoms with E-state index in [2.05, 4.69) is 43.4 Å². The van der Waals surface area contributed by atoms with Gasteiger partial charge in [-0.1, -0.05) is 38.1 Å². The largest absolute Gasteiger partial charge is 0.481 e. The molecule has 6 atom stereocenters. The van der Waals surface area contributed by atoms with Crippen LogP contribution >= 0.6 is 0 Å². The maximum atomic E-state index is 12.8. The third-order valence-electron chi connectivity index (χ3n) is 6.48. The molecule has 2 saturated carbocycles. The Kier molecular flexibility index (Phi) is 5.16. The second-order valence-electron chi connectivity index (χ2n) is 7.93. The molecule has 0 heterocycles. The number of rotatable bonds is 6. The van der Waals surface area contributed by atoms with Crippen molar-refractivity contribution in [1.82, 2.24) is 5.32 Å². The van der Waals surface area contributed by atoms with E-state index in [-0.39, 0.29) is 29.7 Å². The molecule has 0 spiro atoms. The first-order chi connectivity index (χ1) is 11.9. The van der Waals surface area contributed by atoms with Gasteiger partial charge in [-0.3, -0.25) is 9.59 Å². The molecule has 1 amide bonds. The predicted molar refractivity (Wildman–Crippen MR) is 97.2 cm³/mol. The lowest BCUT2D eigenvalue weighted by Crippen LogP contribution is -2.42. The van der Waals surface area contributed by atoms with E-state index in [1.165, 1.54) is 5.56 Å². The molecule has 25 heavy (non-hydrogen) atoms. The molecule has 2 aliphatic rings. The second kappa shape index (κ2) is 7.19. The average molecular weight is 343 g/mol. The number of aliphatic carboxylic acids is 1. The fourth-order valence-electron chi connectivity index (χ4n) is 4.77. The highest BCUT2D eigenvalue weighted by atomic mass is 16.4. The standard InChI is InChI=1S/C21H29NO3/c1-4-12(2)14-5-7-15(8-6-14)13(3)22-20(23)18-16-9-10-17(11-16)19(18)21(24)25/h5-8,12-13,16-19H,4,9-11H2,1-3H3,(H,22,23)(H,24,25)/t12-,13-,16-,17-,18+,19-/m0/s1. The van der Waals surface area contributed by atoms with Crippen molar-refractivity contribution >= 4 is 11.9 Å². The summed E-state index contributed by atoms with van der Waals surface area (Å²) in [5.41, 5.74) is 2.37. The summed E-state index contributed by atoms with van der Waals surface area (Å²) >= 11 is 0. The molecule has 4 nitrogen and oxygen atoms in total. The van der Waals surface area contributed by atoms with Gasteiger partial charge in [0.15, 0.2) is 0 Å². The topological polar surface area (TPSA) is 66.4 Å². The summed E-state index contributed by atoms with van der Waals surface area (Å²) in [5.74, 6) is -0.799. The van der Waals surface area contributed by atoms with E-state index in [1.807, 2.05) is 6.92 Å². The normalized spacial score (nSPS) is 30.0. The van der Waals surface area contributed by atoms with Gasteiger partial charge in [0.25, 0.3) is 0 Å².